The molecule has 2 aliphatic heterocycles. The fourth-order valence-corrected chi connectivity index (χ4v) is 4.42. The van der Waals surface area contributed by atoms with Crippen molar-refractivity contribution in [3.05, 3.63) is 33.8 Å². The SMILES string of the molecule is COC(=O)N1C[C@H](CN2CCCC2)N(C(=O)Cc2ccc(Cl)c(Cl)c2)C[C@H]1CO. The predicted octanol–water partition coefficient (Wildman–Crippen LogP) is 2.27. The second-order valence-electron chi connectivity index (χ2n) is 7.59. The number of rotatable bonds is 5. The predicted molar refractivity (Wildman–Crippen MR) is 111 cm³/mol. The van der Waals surface area contributed by atoms with Gasteiger partial charge < -0.3 is 19.6 Å². The molecule has 160 valence electrons. The molecule has 3 rings (SSSR count). The summed E-state index contributed by atoms with van der Waals surface area (Å²) in [5.41, 5.74) is 0.778. The smallest absolute Gasteiger partial charge is 0.409 e. The molecule has 29 heavy (non-hydrogen) atoms. The van der Waals surface area contributed by atoms with Gasteiger partial charge in [0.05, 0.1) is 42.3 Å². The second kappa shape index (κ2) is 9.98. The van der Waals surface area contributed by atoms with Crippen LogP contribution in [0.4, 0.5) is 4.79 Å². The molecule has 1 aromatic rings. The Hall–Kier alpha value is -1.54. The molecule has 0 aromatic heterocycles. The second-order valence-corrected chi connectivity index (χ2v) is 8.41. The zero-order valence-corrected chi connectivity index (χ0v) is 18.0. The molecule has 1 aromatic carbocycles. The number of aliphatic hydroxyl groups is 1. The monoisotopic (exact) mass is 443 g/mol. The maximum atomic E-state index is 13.2. The van der Waals surface area contributed by atoms with E-state index in [1.54, 1.807) is 23.1 Å². The summed E-state index contributed by atoms with van der Waals surface area (Å²) in [6.45, 7) is 3.05. The molecular weight excluding hydrogens is 417 g/mol. The van der Waals surface area contributed by atoms with Crippen LogP contribution in [0.25, 0.3) is 0 Å². The maximum absolute atomic E-state index is 13.2. The number of amides is 2. The van der Waals surface area contributed by atoms with Gasteiger partial charge >= 0.3 is 6.09 Å². The van der Waals surface area contributed by atoms with Crippen molar-refractivity contribution < 1.29 is 19.4 Å². The molecule has 0 spiro atoms. The number of carbonyl (C=O) groups excluding carboxylic acids is 2. The Labute approximate surface area is 181 Å². The molecule has 2 amide bonds. The fourth-order valence-electron chi connectivity index (χ4n) is 4.10. The number of ether oxygens (including phenoxy) is 1. The van der Waals surface area contributed by atoms with E-state index in [1.165, 1.54) is 12.0 Å². The van der Waals surface area contributed by atoms with Crippen LogP contribution in [0.1, 0.15) is 18.4 Å². The summed E-state index contributed by atoms with van der Waals surface area (Å²) in [6, 6.07) is 4.52. The topological polar surface area (TPSA) is 73.3 Å². The van der Waals surface area contributed by atoms with E-state index in [1.807, 2.05) is 0 Å². The first kappa shape index (κ1) is 22.2. The highest BCUT2D eigenvalue weighted by Gasteiger charge is 2.39. The van der Waals surface area contributed by atoms with Crippen LogP contribution in [0.5, 0.6) is 0 Å². The summed E-state index contributed by atoms with van der Waals surface area (Å²) in [4.78, 5) is 31.0. The van der Waals surface area contributed by atoms with Gasteiger partial charge in [-0.15, -0.1) is 0 Å². The van der Waals surface area contributed by atoms with Crippen molar-refractivity contribution in [1.82, 2.24) is 14.7 Å². The summed E-state index contributed by atoms with van der Waals surface area (Å²) in [5, 5.41) is 10.7. The standard InChI is InChI=1S/C20H27Cl2N3O4/c1-29-20(28)25-11-15(10-23-6-2-3-7-23)24(12-16(25)13-26)19(27)9-14-4-5-17(21)18(22)8-14/h4-5,8,15-16,26H,2-3,6-7,9-13H2,1H3/t15-,16-/m0/s1. The quantitative estimate of drug-likeness (QED) is 0.755. The highest BCUT2D eigenvalue weighted by molar-refractivity contribution is 6.42. The minimum Gasteiger partial charge on any atom is -0.453 e. The van der Waals surface area contributed by atoms with E-state index in [2.05, 4.69) is 4.90 Å². The average Bonchev–Trinajstić information content (AvgIpc) is 3.22. The van der Waals surface area contributed by atoms with E-state index in [4.69, 9.17) is 27.9 Å². The molecule has 2 aliphatic rings. The first-order chi connectivity index (χ1) is 13.9. The molecule has 0 unspecified atom stereocenters. The fraction of sp³-hybridized carbons (Fsp3) is 0.600. The zero-order chi connectivity index (χ0) is 21.0. The molecule has 7 nitrogen and oxygen atoms in total. The number of halogens is 2. The number of likely N-dealkylation sites (tertiary alicyclic amines) is 1. The highest BCUT2D eigenvalue weighted by Crippen LogP contribution is 2.24. The van der Waals surface area contributed by atoms with Gasteiger partial charge in [0.15, 0.2) is 0 Å². The Morgan fingerprint density at radius 2 is 1.79 bits per heavy atom. The number of piperazine rings is 1. The average molecular weight is 444 g/mol. The third-order valence-electron chi connectivity index (χ3n) is 5.64. The first-order valence-corrected chi connectivity index (χ1v) is 10.6. The van der Waals surface area contributed by atoms with Crippen molar-refractivity contribution in [2.45, 2.75) is 31.3 Å². The van der Waals surface area contributed by atoms with Gasteiger partial charge in [-0.25, -0.2) is 4.79 Å². The maximum Gasteiger partial charge on any atom is 0.409 e. The molecule has 0 bridgehead atoms. The van der Waals surface area contributed by atoms with E-state index >= 15 is 0 Å². The van der Waals surface area contributed by atoms with Gasteiger partial charge in [-0.1, -0.05) is 29.3 Å². The molecule has 2 fully saturated rings. The van der Waals surface area contributed by atoms with E-state index < -0.39 is 12.1 Å². The number of hydrogen-bond donors (Lipinski definition) is 1. The van der Waals surface area contributed by atoms with Crippen LogP contribution in [0.3, 0.4) is 0 Å². The summed E-state index contributed by atoms with van der Waals surface area (Å²) in [7, 11) is 1.33. The van der Waals surface area contributed by atoms with Gasteiger partial charge in [-0.3, -0.25) is 9.69 Å². The minimum absolute atomic E-state index is 0.0597. The molecule has 9 heteroatoms. The van der Waals surface area contributed by atoms with E-state index in [0.717, 1.165) is 31.5 Å². The normalized spacial score (nSPS) is 22.8. The van der Waals surface area contributed by atoms with Gasteiger partial charge in [0.25, 0.3) is 0 Å². The molecule has 2 atom stereocenters. The van der Waals surface area contributed by atoms with Crippen molar-refractivity contribution in [3.63, 3.8) is 0 Å². The third kappa shape index (κ3) is 5.34. The van der Waals surface area contributed by atoms with Crippen LogP contribution in [-0.4, -0.2) is 90.3 Å². The van der Waals surface area contributed by atoms with E-state index in [-0.39, 0.29) is 31.5 Å². The Morgan fingerprint density at radius 3 is 2.41 bits per heavy atom. The lowest BCUT2D eigenvalue weighted by Crippen LogP contribution is -2.64. The van der Waals surface area contributed by atoms with Gasteiger partial charge in [-0.05, 0) is 43.6 Å². The lowest BCUT2D eigenvalue weighted by Gasteiger charge is -2.46. The lowest BCUT2D eigenvalue weighted by atomic mass is 10.0. The Balaban J connectivity index is 1.78. The number of hydrogen-bond acceptors (Lipinski definition) is 5. The van der Waals surface area contributed by atoms with Gasteiger partial charge in [0.2, 0.25) is 5.91 Å². The summed E-state index contributed by atoms with van der Waals surface area (Å²) in [6.07, 6.45) is 1.99. The lowest BCUT2D eigenvalue weighted by molar-refractivity contribution is -0.138. The van der Waals surface area contributed by atoms with Crippen LogP contribution >= 0.6 is 23.2 Å². The number of methoxy groups -OCH3 is 1. The summed E-state index contributed by atoms with van der Waals surface area (Å²) >= 11 is 12.1. The highest BCUT2D eigenvalue weighted by atomic mass is 35.5. The summed E-state index contributed by atoms with van der Waals surface area (Å²) < 4.78 is 4.89. The molecule has 0 saturated carbocycles. The van der Waals surface area contributed by atoms with Crippen LogP contribution in [0.2, 0.25) is 10.0 Å². The van der Waals surface area contributed by atoms with Gasteiger partial charge in [0, 0.05) is 19.6 Å². The van der Waals surface area contributed by atoms with E-state index in [9.17, 15) is 14.7 Å². The number of benzene rings is 1. The Morgan fingerprint density at radius 1 is 1.10 bits per heavy atom. The minimum atomic E-state index is -0.491. The van der Waals surface area contributed by atoms with Gasteiger partial charge in [0.1, 0.15) is 0 Å². The molecular formula is C20H27Cl2N3O4. The molecule has 0 aliphatic carbocycles. The van der Waals surface area contributed by atoms with Crippen molar-refractivity contribution in [3.8, 4) is 0 Å². The van der Waals surface area contributed by atoms with Crippen molar-refractivity contribution in [2.75, 3.05) is 46.4 Å². The zero-order valence-electron chi connectivity index (χ0n) is 16.5. The van der Waals surface area contributed by atoms with Crippen LogP contribution in [0.15, 0.2) is 18.2 Å². The van der Waals surface area contributed by atoms with Crippen molar-refractivity contribution >= 4 is 35.2 Å². The molecule has 2 saturated heterocycles. The van der Waals surface area contributed by atoms with Crippen molar-refractivity contribution in [1.29, 1.82) is 0 Å². The first-order valence-electron chi connectivity index (χ1n) is 9.84. The molecule has 1 N–H and O–H groups in total. The Bertz CT molecular complexity index is 742. The largest absolute Gasteiger partial charge is 0.453 e. The number of nitrogens with zero attached hydrogens (tertiary/aromatic N) is 3. The van der Waals surface area contributed by atoms with Crippen molar-refractivity contribution in [2.24, 2.45) is 0 Å². The van der Waals surface area contributed by atoms with E-state index in [0.29, 0.717) is 23.1 Å². The third-order valence-corrected chi connectivity index (χ3v) is 6.38. The summed E-state index contributed by atoms with van der Waals surface area (Å²) in [5.74, 6) is -0.0597. The molecule has 0 radical (unpaired) electrons. The number of aliphatic hydroxyl groups excluding tert-OH is 1. The Kier molecular flexibility index (Phi) is 7.62. The van der Waals surface area contributed by atoms with Crippen LogP contribution < -0.4 is 0 Å². The number of carbonyl (C=O) groups is 2. The van der Waals surface area contributed by atoms with Crippen LogP contribution in [-0.2, 0) is 16.0 Å². The van der Waals surface area contributed by atoms with Crippen LogP contribution in [0, 0.1) is 0 Å². The molecule has 2 heterocycles. The van der Waals surface area contributed by atoms with Gasteiger partial charge in [-0.2, -0.15) is 0 Å².